The monoisotopic (exact) mass is 553 g/mol. The minimum absolute atomic E-state index is 0. The number of guanidine groups is 1. The summed E-state index contributed by atoms with van der Waals surface area (Å²) in [6.45, 7) is 4.01. The van der Waals surface area contributed by atoms with Crippen LogP contribution >= 0.6 is 24.0 Å². The van der Waals surface area contributed by atoms with Gasteiger partial charge >= 0.3 is 0 Å². The average Bonchev–Trinajstić information content (AvgIpc) is 3.27. The van der Waals surface area contributed by atoms with E-state index in [4.69, 9.17) is 4.99 Å². The zero-order valence-corrected chi connectivity index (χ0v) is 20.8. The molecule has 31 heavy (non-hydrogen) atoms. The molecular weight excluding hydrogens is 525 g/mol. The summed E-state index contributed by atoms with van der Waals surface area (Å²) in [5, 5.41) is 6.60. The predicted molar refractivity (Wildman–Crippen MR) is 135 cm³/mol. The van der Waals surface area contributed by atoms with Gasteiger partial charge in [0.2, 0.25) is 0 Å². The largest absolute Gasteiger partial charge is 0.357 e. The highest BCUT2D eigenvalue weighted by Crippen LogP contribution is 2.15. The molecule has 0 amide bonds. The van der Waals surface area contributed by atoms with Crippen LogP contribution in [0.4, 0.5) is 0 Å². The van der Waals surface area contributed by atoms with E-state index in [0.29, 0.717) is 18.0 Å². The molecule has 0 radical (unpaired) electrons. The lowest BCUT2D eigenvalue weighted by Gasteiger charge is -2.13. The molecule has 0 unspecified atom stereocenters. The fraction of sp³-hybridized carbons (Fsp3) is 0.273. The Morgan fingerprint density at radius 3 is 2.48 bits per heavy atom. The standard InChI is InChI=1S/C22H27N5O2S.HI/c1-3-24-22(25-13-12-18-8-10-20(11-9-18)30(2,28)29)26-16-19-6-4-5-7-21(19)27-15-14-23-17-27;/h4-11,14-15,17H,3,12-13,16H2,1-2H3,(H2,24,25,26);1H. The van der Waals surface area contributed by atoms with Gasteiger partial charge in [-0.1, -0.05) is 30.3 Å². The first-order chi connectivity index (χ1) is 14.5. The highest BCUT2D eigenvalue weighted by molar-refractivity contribution is 14.0. The number of halogens is 1. The van der Waals surface area contributed by atoms with Crippen molar-refractivity contribution in [3.63, 3.8) is 0 Å². The number of nitrogens with zero attached hydrogens (tertiary/aromatic N) is 3. The van der Waals surface area contributed by atoms with E-state index >= 15 is 0 Å². The molecule has 0 saturated carbocycles. The molecule has 1 aromatic heterocycles. The van der Waals surface area contributed by atoms with Gasteiger partial charge in [0.15, 0.2) is 15.8 Å². The van der Waals surface area contributed by atoms with Crippen LogP contribution in [0.15, 0.2) is 77.1 Å². The minimum atomic E-state index is -3.16. The van der Waals surface area contributed by atoms with Gasteiger partial charge in [-0.05, 0) is 42.7 Å². The molecule has 1 heterocycles. The molecule has 3 rings (SSSR count). The molecule has 0 aliphatic rings. The molecule has 3 aromatic rings. The number of sulfone groups is 1. The Balaban J connectivity index is 0.00000341. The molecule has 0 fully saturated rings. The number of para-hydroxylation sites is 1. The van der Waals surface area contributed by atoms with Crippen LogP contribution in [0.1, 0.15) is 18.1 Å². The maximum absolute atomic E-state index is 11.6. The number of benzene rings is 2. The van der Waals surface area contributed by atoms with E-state index in [0.717, 1.165) is 35.7 Å². The van der Waals surface area contributed by atoms with Crippen LogP contribution in [-0.2, 0) is 22.8 Å². The first kappa shape index (κ1) is 24.9. The quantitative estimate of drug-likeness (QED) is 0.254. The molecule has 2 N–H and O–H groups in total. The molecule has 0 atom stereocenters. The summed E-state index contributed by atoms with van der Waals surface area (Å²) in [6, 6.07) is 15.1. The van der Waals surface area contributed by atoms with E-state index in [1.807, 2.05) is 48.0 Å². The predicted octanol–water partition coefficient (Wildman–Crippen LogP) is 3.19. The zero-order valence-electron chi connectivity index (χ0n) is 17.7. The van der Waals surface area contributed by atoms with Crippen LogP contribution in [0.25, 0.3) is 5.69 Å². The molecule has 166 valence electrons. The van der Waals surface area contributed by atoms with Crippen molar-refractivity contribution in [1.29, 1.82) is 0 Å². The SMILES string of the molecule is CCNC(=NCc1ccccc1-n1ccnc1)NCCc1ccc(S(C)(=O)=O)cc1.I. The maximum Gasteiger partial charge on any atom is 0.191 e. The molecule has 0 bridgehead atoms. The summed E-state index contributed by atoms with van der Waals surface area (Å²) in [6.07, 6.45) is 7.43. The fourth-order valence-electron chi connectivity index (χ4n) is 3.03. The average molecular weight is 553 g/mol. The Bertz CT molecular complexity index is 1080. The van der Waals surface area contributed by atoms with Crippen molar-refractivity contribution in [2.24, 2.45) is 4.99 Å². The Hall–Kier alpha value is -2.40. The van der Waals surface area contributed by atoms with Crippen molar-refractivity contribution < 1.29 is 8.42 Å². The van der Waals surface area contributed by atoms with E-state index in [1.165, 1.54) is 6.26 Å². The van der Waals surface area contributed by atoms with Crippen LogP contribution in [0.5, 0.6) is 0 Å². The number of aliphatic imine (C=N–C) groups is 1. The number of imidazole rings is 1. The second kappa shape index (κ2) is 11.8. The van der Waals surface area contributed by atoms with Gasteiger partial charge in [-0.25, -0.2) is 18.4 Å². The molecule has 2 aromatic carbocycles. The van der Waals surface area contributed by atoms with E-state index in [1.54, 1.807) is 24.7 Å². The van der Waals surface area contributed by atoms with Crippen molar-refractivity contribution in [2.45, 2.75) is 24.8 Å². The lowest BCUT2D eigenvalue weighted by atomic mass is 10.1. The molecule has 0 aliphatic carbocycles. The van der Waals surface area contributed by atoms with Crippen molar-refractivity contribution in [3.8, 4) is 5.69 Å². The third kappa shape index (κ3) is 7.35. The van der Waals surface area contributed by atoms with Crippen molar-refractivity contribution in [3.05, 3.63) is 78.4 Å². The van der Waals surface area contributed by atoms with Gasteiger partial charge in [0, 0.05) is 31.7 Å². The topological polar surface area (TPSA) is 88.4 Å². The van der Waals surface area contributed by atoms with E-state index in [2.05, 4.69) is 21.7 Å². The van der Waals surface area contributed by atoms with Gasteiger partial charge in [0.25, 0.3) is 0 Å². The van der Waals surface area contributed by atoms with Crippen LogP contribution < -0.4 is 10.6 Å². The van der Waals surface area contributed by atoms with E-state index in [-0.39, 0.29) is 24.0 Å². The maximum atomic E-state index is 11.6. The summed E-state index contributed by atoms with van der Waals surface area (Å²) in [5.41, 5.74) is 3.22. The summed E-state index contributed by atoms with van der Waals surface area (Å²) in [5.74, 6) is 0.741. The fourth-order valence-corrected chi connectivity index (χ4v) is 3.66. The molecule has 7 nitrogen and oxygen atoms in total. The summed E-state index contributed by atoms with van der Waals surface area (Å²) < 4.78 is 25.1. The summed E-state index contributed by atoms with van der Waals surface area (Å²) in [7, 11) is -3.16. The summed E-state index contributed by atoms with van der Waals surface area (Å²) in [4.78, 5) is 9.17. The van der Waals surface area contributed by atoms with Crippen LogP contribution in [0.2, 0.25) is 0 Å². The number of nitrogens with one attached hydrogen (secondary N) is 2. The zero-order chi connectivity index (χ0) is 21.4. The van der Waals surface area contributed by atoms with Crippen molar-refractivity contribution >= 4 is 39.8 Å². The highest BCUT2D eigenvalue weighted by Gasteiger charge is 2.07. The number of hydrogen-bond donors (Lipinski definition) is 2. The van der Waals surface area contributed by atoms with E-state index in [9.17, 15) is 8.42 Å². The highest BCUT2D eigenvalue weighted by atomic mass is 127. The van der Waals surface area contributed by atoms with Gasteiger partial charge in [-0.3, -0.25) is 0 Å². The lowest BCUT2D eigenvalue weighted by Crippen LogP contribution is -2.38. The molecule has 0 spiro atoms. The van der Waals surface area contributed by atoms with Crippen LogP contribution in [0, 0.1) is 0 Å². The Morgan fingerprint density at radius 2 is 1.84 bits per heavy atom. The lowest BCUT2D eigenvalue weighted by molar-refractivity contribution is 0.602. The van der Waals surface area contributed by atoms with Gasteiger partial charge in [-0.2, -0.15) is 0 Å². The molecule has 9 heteroatoms. The number of rotatable bonds is 8. The minimum Gasteiger partial charge on any atom is -0.357 e. The first-order valence-electron chi connectivity index (χ1n) is 9.85. The number of aromatic nitrogens is 2. The molecular formula is C22H28IN5O2S. The summed E-state index contributed by atoms with van der Waals surface area (Å²) >= 11 is 0. The van der Waals surface area contributed by atoms with Crippen LogP contribution in [0.3, 0.4) is 0 Å². The Labute approximate surface area is 201 Å². The Morgan fingerprint density at radius 1 is 1.10 bits per heavy atom. The second-order valence-electron chi connectivity index (χ2n) is 6.89. The third-order valence-electron chi connectivity index (χ3n) is 4.58. The van der Waals surface area contributed by atoms with Gasteiger partial charge < -0.3 is 15.2 Å². The van der Waals surface area contributed by atoms with E-state index < -0.39 is 9.84 Å². The second-order valence-corrected chi connectivity index (χ2v) is 8.90. The third-order valence-corrected chi connectivity index (χ3v) is 5.71. The van der Waals surface area contributed by atoms with Crippen molar-refractivity contribution in [2.75, 3.05) is 19.3 Å². The molecule has 0 aliphatic heterocycles. The normalized spacial score (nSPS) is 11.6. The number of hydrogen-bond acceptors (Lipinski definition) is 4. The van der Waals surface area contributed by atoms with Gasteiger partial charge in [0.05, 0.1) is 23.5 Å². The Kier molecular flexibility index (Phi) is 9.50. The first-order valence-corrected chi connectivity index (χ1v) is 11.7. The molecule has 0 saturated heterocycles. The van der Waals surface area contributed by atoms with Crippen LogP contribution in [-0.4, -0.2) is 43.3 Å². The van der Waals surface area contributed by atoms with Gasteiger partial charge in [0.1, 0.15) is 0 Å². The van der Waals surface area contributed by atoms with Gasteiger partial charge in [-0.15, -0.1) is 24.0 Å². The van der Waals surface area contributed by atoms with Crippen molar-refractivity contribution in [1.82, 2.24) is 20.2 Å². The smallest absolute Gasteiger partial charge is 0.191 e.